The van der Waals surface area contributed by atoms with Gasteiger partial charge in [0.25, 0.3) is 20.2 Å². The Morgan fingerprint density at radius 3 is 1.42 bits per heavy atom. The van der Waals surface area contributed by atoms with Crippen LogP contribution in [0.3, 0.4) is 0 Å². The molecule has 0 radical (unpaired) electrons. The normalized spacial score (nSPS) is 12.2. The molecule has 19 heavy (non-hydrogen) atoms. The van der Waals surface area contributed by atoms with Crippen LogP contribution in [-0.2, 0) is 28.6 Å². The monoisotopic (exact) mass is 312 g/mol. The minimum atomic E-state index is -3.51. The van der Waals surface area contributed by atoms with E-state index in [0.29, 0.717) is 19.3 Å². The maximum Gasteiger partial charge on any atom is 0.270 e. The Kier molecular flexibility index (Phi) is 8.90. The van der Waals surface area contributed by atoms with Gasteiger partial charge in [-0.05, 0) is 19.3 Å². The molecule has 0 aromatic carbocycles. The summed E-state index contributed by atoms with van der Waals surface area (Å²) in [6.45, 7) is 6.78. The highest BCUT2D eigenvalue weighted by Gasteiger charge is 2.09. The van der Waals surface area contributed by atoms with Crippen LogP contribution in [-0.4, -0.2) is 41.6 Å². The van der Waals surface area contributed by atoms with Gasteiger partial charge in [0.2, 0.25) is 0 Å². The predicted octanol–water partition coefficient (Wildman–Crippen LogP) is 1.22. The highest BCUT2D eigenvalue weighted by atomic mass is 32.2. The van der Waals surface area contributed by atoms with Gasteiger partial charge in [0, 0.05) is 0 Å². The summed E-state index contributed by atoms with van der Waals surface area (Å²) in [6.07, 6.45) is 4.16. The van der Waals surface area contributed by atoms with E-state index in [1.807, 2.05) is 0 Å². The van der Waals surface area contributed by atoms with E-state index in [2.05, 4.69) is 21.5 Å². The van der Waals surface area contributed by atoms with Crippen molar-refractivity contribution >= 4 is 20.2 Å². The Hall–Kier alpha value is -0.700. The van der Waals surface area contributed by atoms with Gasteiger partial charge in [0.05, 0.1) is 24.7 Å². The summed E-state index contributed by atoms with van der Waals surface area (Å²) < 4.78 is 53.8. The van der Waals surface area contributed by atoms with E-state index in [1.54, 1.807) is 0 Å². The Balaban J connectivity index is 3.62. The van der Waals surface area contributed by atoms with Crippen molar-refractivity contribution in [2.45, 2.75) is 19.3 Å². The fraction of sp³-hybridized carbons (Fsp3) is 0.636. The van der Waals surface area contributed by atoms with Crippen molar-refractivity contribution in [1.29, 1.82) is 0 Å². The molecule has 0 aliphatic carbocycles. The Morgan fingerprint density at radius 2 is 1.11 bits per heavy atom. The molecule has 0 spiro atoms. The lowest BCUT2D eigenvalue weighted by molar-refractivity contribution is 0.285. The van der Waals surface area contributed by atoms with Crippen molar-refractivity contribution in [3.63, 3.8) is 0 Å². The quantitative estimate of drug-likeness (QED) is 0.306. The predicted molar refractivity (Wildman–Crippen MR) is 73.7 cm³/mol. The molecular weight excluding hydrogens is 292 g/mol. The minimum Gasteiger partial charge on any atom is -0.270 e. The first-order valence-corrected chi connectivity index (χ1v) is 8.94. The van der Waals surface area contributed by atoms with Gasteiger partial charge >= 0.3 is 0 Å². The third-order valence-corrected chi connectivity index (χ3v) is 4.30. The molecule has 0 aromatic heterocycles. The summed E-state index contributed by atoms with van der Waals surface area (Å²) in [6, 6.07) is 0. The maximum absolute atomic E-state index is 11.1. The smallest absolute Gasteiger partial charge is 0.270 e. The zero-order chi connectivity index (χ0) is 14.8. The molecule has 0 aliphatic rings. The molecule has 0 fully saturated rings. The van der Waals surface area contributed by atoms with Crippen molar-refractivity contribution in [2.24, 2.45) is 0 Å². The molecule has 0 aliphatic heterocycles. The van der Waals surface area contributed by atoms with Crippen LogP contribution in [0.4, 0.5) is 0 Å². The molecule has 0 saturated heterocycles. The van der Waals surface area contributed by atoms with E-state index in [4.69, 9.17) is 0 Å². The van der Waals surface area contributed by atoms with E-state index in [1.165, 1.54) is 12.2 Å². The maximum atomic E-state index is 11.1. The highest BCUT2D eigenvalue weighted by Crippen LogP contribution is 2.02. The zero-order valence-corrected chi connectivity index (χ0v) is 12.4. The average molecular weight is 312 g/mol. The third-order valence-electron chi connectivity index (χ3n) is 1.96. The first-order valence-electron chi connectivity index (χ1n) is 5.79. The van der Waals surface area contributed by atoms with Crippen molar-refractivity contribution in [1.82, 2.24) is 0 Å². The topological polar surface area (TPSA) is 86.7 Å². The van der Waals surface area contributed by atoms with Gasteiger partial charge in [0.15, 0.2) is 0 Å². The molecule has 6 nitrogen and oxygen atoms in total. The summed E-state index contributed by atoms with van der Waals surface area (Å²) in [5, 5.41) is 0. The van der Waals surface area contributed by atoms with E-state index >= 15 is 0 Å². The summed E-state index contributed by atoms with van der Waals surface area (Å²) in [4.78, 5) is 0. The second-order valence-corrected chi connectivity index (χ2v) is 7.10. The third kappa shape index (κ3) is 10.9. The SMILES string of the molecule is C=CCS(=O)(=O)OCCCCCOS(=O)(=O)CC=C. The zero-order valence-electron chi connectivity index (χ0n) is 10.8. The van der Waals surface area contributed by atoms with Crippen molar-refractivity contribution in [3.8, 4) is 0 Å². The molecule has 8 heteroatoms. The number of hydrogen-bond acceptors (Lipinski definition) is 6. The van der Waals surface area contributed by atoms with Crippen molar-refractivity contribution < 1.29 is 25.2 Å². The van der Waals surface area contributed by atoms with Crippen LogP contribution < -0.4 is 0 Å². The Labute approximate surface area is 115 Å². The number of rotatable bonds is 12. The van der Waals surface area contributed by atoms with Gasteiger partial charge in [-0.15, -0.1) is 13.2 Å². The lowest BCUT2D eigenvalue weighted by Crippen LogP contribution is -2.11. The van der Waals surface area contributed by atoms with Gasteiger partial charge in [-0.1, -0.05) is 12.2 Å². The van der Waals surface area contributed by atoms with Gasteiger partial charge in [-0.25, -0.2) is 0 Å². The van der Waals surface area contributed by atoms with Crippen LogP contribution in [0.5, 0.6) is 0 Å². The van der Waals surface area contributed by atoms with Crippen LogP contribution in [0.2, 0.25) is 0 Å². The molecule has 0 rings (SSSR count). The second-order valence-electron chi connectivity index (χ2n) is 3.73. The van der Waals surface area contributed by atoms with E-state index < -0.39 is 20.2 Å². The second kappa shape index (κ2) is 9.24. The molecule has 0 bridgehead atoms. The van der Waals surface area contributed by atoms with Gasteiger partial charge < -0.3 is 0 Å². The van der Waals surface area contributed by atoms with Crippen LogP contribution in [0.15, 0.2) is 25.3 Å². The summed E-state index contributed by atoms with van der Waals surface area (Å²) in [7, 11) is -7.02. The van der Waals surface area contributed by atoms with Gasteiger partial charge in [0.1, 0.15) is 0 Å². The Morgan fingerprint density at radius 1 is 0.737 bits per heavy atom. The first-order chi connectivity index (χ1) is 8.83. The molecule has 0 heterocycles. The molecule has 112 valence electrons. The van der Waals surface area contributed by atoms with Crippen molar-refractivity contribution in [3.05, 3.63) is 25.3 Å². The van der Waals surface area contributed by atoms with Gasteiger partial charge in [-0.2, -0.15) is 16.8 Å². The van der Waals surface area contributed by atoms with Gasteiger partial charge in [-0.3, -0.25) is 8.37 Å². The fourth-order valence-electron chi connectivity index (χ4n) is 1.14. The summed E-state index contributed by atoms with van der Waals surface area (Å²) in [5.74, 6) is -0.425. The van der Waals surface area contributed by atoms with Crippen LogP contribution >= 0.6 is 0 Å². The lowest BCUT2D eigenvalue weighted by Gasteiger charge is -2.04. The van der Waals surface area contributed by atoms with Crippen LogP contribution in [0, 0.1) is 0 Å². The molecule has 0 atom stereocenters. The Bertz CT molecular complexity index is 419. The van der Waals surface area contributed by atoms with Crippen LogP contribution in [0.25, 0.3) is 0 Å². The minimum absolute atomic E-state index is 0.0789. The molecule has 0 amide bonds. The van der Waals surface area contributed by atoms with E-state index in [-0.39, 0.29) is 24.7 Å². The van der Waals surface area contributed by atoms with E-state index in [0.717, 1.165) is 0 Å². The molecule has 0 aromatic rings. The van der Waals surface area contributed by atoms with Crippen LogP contribution in [0.1, 0.15) is 19.3 Å². The standard InChI is InChI=1S/C11H20O6S2/c1-3-10-18(12,13)16-8-6-5-7-9-17-19(14,15)11-4-2/h3-4H,1-2,5-11H2. The lowest BCUT2D eigenvalue weighted by atomic mass is 10.2. The molecule has 0 N–H and O–H groups in total. The molecule has 0 saturated carbocycles. The number of hydrogen-bond donors (Lipinski definition) is 0. The fourth-order valence-corrected chi connectivity index (χ4v) is 2.65. The first kappa shape index (κ1) is 18.3. The summed E-state index contributed by atoms with van der Waals surface area (Å²) >= 11 is 0. The number of unbranched alkanes of at least 4 members (excludes halogenated alkanes) is 2. The summed E-state index contributed by atoms with van der Waals surface area (Å²) in [5.41, 5.74) is 0. The largest absolute Gasteiger partial charge is 0.270 e. The molecule has 0 unspecified atom stereocenters. The van der Waals surface area contributed by atoms with Crippen molar-refractivity contribution in [2.75, 3.05) is 24.7 Å². The van der Waals surface area contributed by atoms with E-state index in [9.17, 15) is 16.8 Å². The highest BCUT2D eigenvalue weighted by molar-refractivity contribution is 7.87. The molecular formula is C11H20O6S2. The average Bonchev–Trinajstić information content (AvgIpc) is 2.27.